The lowest BCUT2D eigenvalue weighted by molar-refractivity contribution is 0.282. The van der Waals surface area contributed by atoms with E-state index in [0.717, 1.165) is 37.5 Å². The lowest BCUT2D eigenvalue weighted by Crippen LogP contribution is -2.25. The predicted octanol–water partition coefficient (Wildman–Crippen LogP) is 2.31. The molecule has 0 fully saturated rings. The normalized spacial score (nSPS) is 11.7. The minimum Gasteiger partial charge on any atom is -0.396 e. The number of aliphatic hydroxyl groups is 1. The van der Waals surface area contributed by atoms with Crippen LogP contribution in [0.4, 0.5) is 4.39 Å². The van der Waals surface area contributed by atoms with Crippen molar-refractivity contribution in [1.29, 1.82) is 0 Å². The Balaban J connectivity index is 2.52. The summed E-state index contributed by atoms with van der Waals surface area (Å²) in [5.41, 5.74) is 0. The Labute approximate surface area is 117 Å². The monoisotopic (exact) mass is 309 g/mol. The fourth-order valence-electron chi connectivity index (χ4n) is 1.57. The van der Waals surface area contributed by atoms with Crippen molar-refractivity contribution in [2.45, 2.75) is 30.6 Å². The molecule has 2 N–H and O–H groups in total. The molecule has 0 atom stereocenters. The first-order valence-electron chi connectivity index (χ1n) is 6.03. The van der Waals surface area contributed by atoms with E-state index in [1.54, 1.807) is 0 Å². The lowest BCUT2D eigenvalue weighted by atomic mass is 10.2. The second-order valence-electron chi connectivity index (χ2n) is 4.11. The van der Waals surface area contributed by atoms with Crippen LogP contribution in [-0.4, -0.2) is 26.7 Å². The molecular weight excluding hydrogens is 293 g/mol. The van der Waals surface area contributed by atoms with Gasteiger partial charge in [0.2, 0.25) is 10.0 Å². The van der Waals surface area contributed by atoms with Crippen molar-refractivity contribution in [3.8, 4) is 0 Å². The number of halogens is 2. The van der Waals surface area contributed by atoms with Gasteiger partial charge in [0.25, 0.3) is 0 Å². The molecule has 0 aromatic heterocycles. The molecule has 0 bridgehead atoms. The van der Waals surface area contributed by atoms with Gasteiger partial charge in [-0.15, -0.1) is 0 Å². The van der Waals surface area contributed by atoms with Crippen LogP contribution in [0.1, 0.15) is 25.7 Å². The maximum absolute atomic E-state index is 12.8. The highest BCUT2D eigenvalue weighted by Crippen LogP contribution is 2.21. The topological polar surface area (TPSA) is 66.4 Å². The summed E-state index contributed by atoms with van der Waals surface area (Å²) < 4.78 is 39.0. The Bertz CT molecular complexity index is 508. The average molecular weight is 310 g/mol. The van der Waals surface area contributed by atoms with Crippen LogP contribution in [0.2, 0.25) is 5.02 Å². The van der Waals surface area contributed by atoms with E-state index in [1.807, 2.05) is 0 Å². The lowest BCUT2D eigenvalue weighted by Gasteiger charge is -2.08. The Hall–Kier alpha value is -0.690. The van der Waals surface area contributed by atoms with Gasteiger partial charge in [-0.3, -0.25) is 0 Å². The molecule has 0 spiro atoms. The fourth-order valence-corrected chi connectivity index (χ4v) is 3.17. The van der Waals surface area contributed by atoms with E-state index >= 15 is 0 Å². The quantitative estimate of drug-likeness (QED) is 0.724. The molecule has 0 aliphatic rings. The molecule has 1 rings (SSSR count). The molecule has 7 heteroatoms. The van der Waals surface area contributed by atoms with E-state index in [2.05, 4.69) is 4.72 Å². The molecule has 0 aliphatic carbocycles. The third kappa shape index (κ3) is 5.44. The van der Waals surface area contributed by atoms with Gasteiger partial charge in [0.15, 0.2) is 0 Å². The van der Waals surface area contributed by atoms with Crippen LogP contribution in [0.15, 0.2) is 23.1 Å². The van der Waals surface area contributed by atoms with Crippen LogP contribution in [0, 0.1) is 5.82 Å². The van der Waals surface area contributed by atoms with Crippen LogP contribution in [0.25, 0.3) is 0 Å². The second-order valence-corrected chi connectivity index (χ2v) is 6.25. The van der Waals surface area contributed by atoms with Crippen LogP contribution in [-0.2, 0) is 10.0 Å². The highest BCUT2D eigenvalue weighted by molar-refractivity contribution is 7.89. The molecule has 0 aliphatic heterocycles. The zero-order valence-electron chi connectivity index (χ0n) is 10.4. The summed E-state index contributed by atoms with van der Waals surface area (Å²) in [7, 11) is -3.70. The van der Waals surface area contributed by atoms with E-state index < -0.39 is 15.8 Å². The number of rotatable bonds is 8. The SMILES string of the molecule is O=S(=O)(NCCCCCCO)c1ccc(F)cc1Cl. The highest BCUT2D eigenvalue weighted by atomic mass is 35.5. The molecule has 1 aromatic carbocycles. The van der Waals surface area contributed by atoms with E-state index in [1.165, 1.54) is 0 Å². The van der Waals surface area contributed by atoms with Gasteiger partial charge < -0.3 is 5.11 Å². The van der Waals surface area contributed by atoms with Gasteiger partial charge in [-0.05, 0) is 31.0 Å². The smallest absolute Gasteiger partial charge is 0.242 e. The maximum atomic E-state index is 12.8. The largest absolute Gasteiger partial charge is 0.396 e. The Kier molecular flexibility index (Phi) is 6.71. The van der Waals surface area contributed by atoms with Gasteiger partial charge in [-0.25, -0.2) is 17.5 Å². The van der Waals surface area contributed by atoms with Crippen LogP contribution in [0.3, 0.4) is 0 Å². The number of hydrogen-bond donors (Lipinski definition) is 2. The molecule has 0 saturated carbocycles. The van der Waals surface area contributed by atoms with Crippen molar-refractivity contribution in [3.63, 3.8) is 0 Å². The summed E-state index contributed by atoms with van der Waals surface area (Å²) >= 11 is 5.71. The summed E-state index contributed by atoms with van der Waals surface area (Å²) in [6, 6.07) is 3.17. The van der Waals surface area contributed by atoms with Crippen molar-refractivity contribution >= 4 is 21.6 Å². The van der Waals surface area contributed by atoms with Gasteiger partial charge in [0, 0.05) is 13.2 Å². The number of hydrogen-bond acceptors (Lipinski definition) is 3. The van der Waals surface area contributed by atoms with E-state index in [9.17, 15) is 12.8 Å². The van der Waals surface area contributed by atoms with Crippen LogP contribution in [0.5, 0.6) is 0 Å². The first kappa shape index (κ1) is 16.4. The van der Waals surface area contributed by atoms with Crippen molar-refractivity contribution in [2.24, 2.45) is 0 Å². The third-order valence-electron chi connectivity index (χ3n) is 2.56. The Morgan fingerprint density at radius 1 is 1.21 bits per heavy atom. The van der Waals surface area contributed by atoms with Crippen molar-refractivity contribution < 1.29 is 17.9 Å². The predicted molar refractivity (Wildman–Crippen MR) is 72.2 cm³/mol. The number of nitrogens with one attached hydrogen (secondary N) is 1. The summed E-state index contributed by atoms with van der Waals surface area (Å²) in [4.78, 5) is -0.120. The van der Waals surface area contributed by atoms with Crippen LogP contribution < -0.4 is 4.72 Å². The van der Waals surface area contributed by atoms with Gasteiger partial charge in [0.05, 0.1) is 5.02 Å². The van der Waals surface area contributed by atoms with Crippen molar-refractivity contribution in [2.75, 3.05) is 13.2 Å². The number of sulfonamides is 1. The van der Waals surface area contributed by atoms with Gasteiger partial charge in [0.1, 0.15) is 10.7 Å². The summed E-state index contributed by atoms with van der Waals surface area (Å²) in [5.74, 6) is -0.576. The third-order valence-corrected chi connectivity index (χ3v) is 4.50. The zero-order valence-corrected chi connectivity index (χ0v) is 12.0. The van der Waals surface area contributed by atoms with E-state index in [-0.39, 0.29) is 16.5 Å². The Morgan fingerprint density at radius 3 is 2.53 bits per heavy atom. The molecule has 1 aromatic rings. The Morgan fingerprint density at radius 2 is 1.89 bits per heavy atom. The highest BCUT2D eigenvalue weighted by Gasteiger charge is 2.17. The molecule has 108 valence electrons. The van der Waals surface area contributed by atoms with Crippen LogP contribution >= 0.6 is 11.6 Å². The van der Waals surface area contributed by atoms with E-state index in [0.29, 0.717) is 13.0 Å². The van der Waals surface area contributed by atoms with Gasteiger partial charge in [-0.2, -0.15) is 0 Å². The minimum absolute atomic E-state index is 0.120. The number of aliphatic hydroxyl groups excluding tert-OH is 1. The summed E-state index contributed by atoms with van der Waals surface area (Å²) in [6.45, 7) is 0.443. The number of benzene rings is 1. The summed E-state index contributed by atoms with van der Waals surface area (Å²) in [6.07, 6.45) is 3.09. The molecular formula is C12H17ClFNO3S. The van der Waals surface area contributed by atoms with Crippen molar-refractivity contribution in [3.05, 3.63) is 29.0 Å². The fraction of sp³-hybridized carbons (Fsp3) is 0.500. The van der Waals surface area contributed by atoms with Gasteiger partial charge >= 0.3 is 0 Å². The average Bonchev–Trinajstić information content (AvgIpc) is 2.33. The molecule has 19 heavy (non-hydrogen) atoms. The van der Waals surface area contributed by atoms with Gasteiger partial charge in [-0.1, -0.05) is 24.4 Å². The molecule has 0 amide bonds. The zero-order chi connectivity index (χ0) is 14.3. The maximum Gasteiger partial charge on any atom is 0.242 e. The standard InChI is InChI=1S/C12H17ClFNO3S/c13-11-9-10(14)5-6-12(11)19(17,18)15-7-3-1-2-4-8-16/h5-6,9,15-16H,1-4,7-8H2. The molecule has 0 saturated heterocycles. The first-order chi connectivity index (χ1) is 8.97. The van der Waals surface area contributed by atoms with E-state index in [4.69, 9.17) is 16.7 Å². The molecule has 0 heterocycles. The minimum atomic E-state index is -3.70. The first-order valence-corrected chi connectivity index (χ1v) is 7.89. The summed E-state index contributed by atoms with van der Waals surface area (Å²) in [5, 5.41) is 8.47. The molecule has 4 nitrogen and oxygen atoms in total. The number of unbranched alkanes of at least 4 members (excludes halogenated alkanes) is 3. The van der Waals surface area contributed by atoms with Crippen molar-refractivity contribution in [1.82, 2.24) is 4.72 Å². The molecule has 0 radical (unpaired) electrons. The molecule has 0 unspecified atom stereocenters. The second kappa shape index (κ2) is 7.79.